The summed E-state index contributed by atoms with van der Waals surface area (Å²) in [4.78, 5) is 16.0. The average Bonchev–Trinajstić information content (AvgIpc) is 3.13. The van der Waals surface area contributed by atoms with Gasteiger partial charge in [0.25, 0.3) is 0 Å². The van der Waals surface area contributed by atoms with Gasteiger partial charge in [0, 0.05) is 23.1 Å². The lowest BCUT2D eigenvalue weighted by atomic mass is 10.2. The number of ether oxygens (including phenoxy) is 2. The molecule has 3 aromatic rings. The van der Waals surface area contributed by atoms with Gasteiger partial charge in [-0.3, -0.25) is 4.79 Å². The Bertz CT molecular complexity index is 990. The van der Waals surface area contributed by atoms with Crippen molar-refractivity contribution in [2.75, 3.05) is 7.11 Å². The third-order valence-electron chi connectivity index (χ3n) is 3.92. The van der Waals surface area contributed by atoms with Gasteiger partial charge < -0.3 is 13.9 Å². The van der Waals surface area contributed by atoms with Crippen molar-refractivity contribution in [3.05, 3.63) is 70.7 Å². The Labute approximate surface area is 164 Å². The van der Waals surface area contributed by atoms with E-state index in [2.05, 4.69) is 4.98 Å². The SMILES string of the molecule is COc1ccc(Cl)cc1COC(=O)CCc1ncc(-c2ccc(F)cc2F)o1. The van der Waals surface area contributed by atoms with Crippen molar-refractivity contribution in [3.8, 4) is 17.1 Å². The maximum absolute atomic E-state index is 13.8. The van der Waals surface area contributed by atoms with E-state index in [1.807, 2.05) is 0 Å². The molecule has 0 aliphatic heterocycles. The molecular weight excluding hydrogens is 392 g/mol. The van der Waals surface area contributed by atoms with Gasteiger partial charge in [0.05, 0.1) is 25.3 Å². The number of aryl methyl sites for hydroxylation is 1. The summed E-state index contributed by atoms with van der Waals surface area (Å²) in [6.45, 7) is 0.0141. The van der Waals surface area contributed by atoms with Gasteiger partial charge in [0.1, 0.15) is 24.0 Å². The third-order valence-corrected chi connectivity index (χ3v) is 4.16. The molecule has 0 saturated heterocycles. The fraction of sp³-hybridized carbons (Fsp3) is 0.200. The van der Waals surface area contributed by atoms with E-state index in [9.17, 15) is 13.6 Å². The van der Waals surface area contributed by atoms with Crippen LogP contribution in [0.5, 0.6) is 5.75 Å². The van der Waals surface area contributed by atoms with Crippen LogP contribution in [0.4, 0.5) is 8.78 Å². The molecule has 0 fully saturated rings. The van der Waals surface area contributed by atoms with Crippen molar-refractivity contribution < 1.29 is 27.5 Å². The van der Waals surface area contributed by atoms with E-state index in [0.29, 0.717) is 16.3 Å². The number of aromatic nitrogens is 1. The first-order valence-electron chi connectivity index (χ1n) is 8.34. The summed E-state index contributed by atoms with van der Waals surface area (Å²) < 4.78 is 42.6. The number of hydrogen-bond acceptors (Lipinski definition) is 5. The number of rotatable bonds is 7. The lowest BCUT2D eigenvalue weighted by molar-refractivity contribution is -0.145. The van der Waals surface area contributed by atoms with Crippen LogP contribution in [0.25, 0.3) is 11.3 Å². The number of hydrogen-bond donors (Lipinski definition) is 0. The molecule has 0 radical (unpaired) electrons. The van der Waals surface area contributed by atoms with Crippen LogP contribution in [0, 0.1) is 11.6 Å². The zero-order valence-corrected chi connectivity index (χ0v) is 15.6. The second kappa shape index (κ2) is 8.84. The van der Waals surface area contributed by atoms with Gasteiger partial charge in [0.2, 0.25) is 0 Å². The van der Waals surface area contributed by atoms with E-state index in [-0.39, 0.29) is 36.7 Å². The molecule has 0 N–H and O–H groups in total. The van der Waals surface area contributed by atoms with E-state index in [0.717, 1.165) is 12.1 Å². The summed E-state index contributed by atoms with van der Waals surface area (Å²) in [6.07, 6.45) is 1.52. The molecule has 5 nitrogen and oxygen atoms in total. The molecule has 8 heteroatoms. The van der Waals surface area contributed by atoms with Crippen LogP contribution < -0.4 is 4.74 Å². The Kier molecular flexibility index (Phi) is 6.26. The summed E-state index contributed by atoms with van der Waals surface area (Å²) in [5, 5.41) is 0.507. The molecule has 0 amide bonds. The van der Waals surface area contributed by atoms with Gasteiger partial charge in [-0.25, -0.2) is 13.8 Å². The lowest BCUT2D eigenvalue weighted by Crippen LogP contribution is -2.07. The predicted molar refractivity (Wildman–Crippen MR) is 98.0 cm³/mol. The normalized spacial score (nSPS) is 10.7. The van der Waals surface area contributed by atoms with Crippen LogP contribution in [0.1, 0.15) is 17.9 Å². The number of benzene rings is 2. The van der Waals surface area contributed by atoms with E-state index in [1.165, 1.54) is 19.4 Å². The molecule has 0 unspecified atom stereocenters. The maximum Gasteiger partial charge on any atom is 0.306 e. The van der Waals surface area contributed by atoms with Crippen molar-refractivity contribution in [1.82, 2.24) is 4.98 Å². The zero-order chi connectivity index (χ0) is 20.1. The monoisotopic (exact) mass is 407 g/mol. The standard InChI is InChI=1S/C20H16ClF2NO4/c1-26-17-5-2-13(21)8-12(17)11-27-20(25)7-6-19-24-10-18(28-19)15-4-3-14(22)9-16(15)23/h2-5,8-10H,6-7,11H2,1H3. The van der Waals surface area contributed by atoms with Crippen molar-refractivity contribution in [2.45, 2.75) is 19.4 Å². The molecular formula is C20H16ClF2NO4. The fourth-order valence-corrected chi connectivity index (χ4v) is 2.73. The molecule has 0 atom stereocenters. The largest absolute Gasteiger partial charge is 0.496 e. The quantitative estimate of drug-likeness (QED) is 0.518. The van der Waals surface area contributed by atoms with Crippen molar-refractivity contribution in [1.29, 1.82) is 0 Å². The maximum atomic E-state index is 13.8. The summed E-state index contributed by atoms with van der Waals surface area (Å²) in [6, 6.07) is 8.18. The molecule has 2 aromatic carbocycles. The Balaban J connectivity index is 1.55. The molecule has 0 saturated carbocycles. The highest BCUT2D eigenvalue weighted by molar-refractivity contribution is 6.30. The second-order valence-electron chi connectivity index (χ2n) is 5.86. The minimum atomic E-state index is -0.752. The summed E-state index contributed by atoms with van der Waals surface area (Å²) in [7, 11) is 1.51. The highest BCUT2D eigenvalue weighted by atomic mass is 35.5. The highest BCUT2D eigenvalue weighted by Crippen LogP contribution is 2.25. The van der Waals surface area contributed by atoms with Crippen LogP contribution in [0.3, 0.4) is 0 Å². The van der Waals surface area contributed by atoms with Gasteiger partial charge in [0.15, 0.2) is 11.7 Å². The van der Waals surface area contributed by atoms with Crippen LogP contribution in [0.2, 0.25) is 5.02 Å². The van der Waals surface area contributed by atoms with E-state index >= 15 is 0 Å². The van der Waals surface area contributed by atoms with Crippen LogP contribution in [0.15, 0.2) is 47.0 Å². The number of carbonyl (C=O) groups excluding carboxylic acids is 1. The first kappa shape index (κ1) is 19.8. The van der Waals surface area contributed by atoms with Gasteiger partial charge in [-0.2, -0.15) is 0 Å². The van der Waals surface area contributed by atoms with Crippen molar-refractivity contribution >= 4 is 17.6 Å². The van der Waals surface area contributed by atoms with Crippen molar-refractivity contribution in [3.63, 3.8) is 0 Å². The van der Waals surface area contributed by atoms with Crippen LogP contribution in [-0.4, -0.2) is 18.1 Å². The summed E-state index contributed by atoms with van der Waals surface area (Å²) in [5.41, 5.74) is 0.740. The Morgan fingerprint density at radius 2 is 2.04 bits per heavy atom. The number of carbonyl (C=O) groups is 1. The molecule has 0 bridgehead atoms. The molecule has 0 aliphatic carbocycles. The minimum Gasteiger partial charge on any atom is -0.496 e. The van der Waals surface area contributed by atoms with Crippen molar-refractivity contribution in [2.24, 2.45) is 0 Å². The highest BCUT2D eigenvalue weighted by Gasteiger charge is 2.14. The van der Waals surface area contributed by atoms with Gasteiger partial charge in [-0.05, 0) is 30.3 Å². The molecule has 1 aromatic heterocycles. The zero-order valence-electron chi connectivity index (χ0n) is 14.9. The number of halogens is 3. The number of methoxy groups -OCH3 is 1. The summed E-state index contributed by atoms with van der Waals surface area (Å²) >= 11 is 5.94. The molecule has 3 rings (SSSR count). The molecule has 28 heavy (non-hydrogen) atoms. The number of esters is 1. The Morgan fingerprint density at radius 3 is 2.79 bits per heavy atom. The third kappa shape index (κ3) is 4.86. The molecule has 146 valence electrons. The number of nitrogens with zero attached hydrogens (tertiary/aromatic N) is 1. The first-order chi connectivity index (χ1) is 13.5. The van der Waals surface area contributed by atoms with E-state index in [4.69, 9.17) is 25.5 Å². The minimum absolute atomic E-state index is 0.0141. The topological polar surface area (TPSA) is 61.6 Å². The lowest BCUT2D eigenvalue weighted by Gasteiger charge is -2.09. The van der Waals surface area contributed by atoms with E-state index in [1.54, 1.807) is 18.2 Å². The first-order valence-corrected chi connectivity index (χ1v) is 8.72. The van der Waals surface area contributed by atoms with Crippen LogP contribution in [-0.2, 0) is 22.6 Å². The average molecular weight is 408 g/mol. The second-order valence-corrected chi connectivity index (χ2v) is 6.30. The van der Waals surface area contributed by atoms with Crippen LogP contribution >= 0.6 is 11.6 Å². The summed E-state index contributed by atoms with van der Waals surface area (Å²) in [5.74, 6) is -0.927. The Hall–Kier alpha value is -2.93. The molecule has 0 spiro atoms. The van der Waals surface area contributed by atoms with Gasteiger partial charge in [-0.1, -0.05) is 11.6 Å². The smallest absolute Gasteiger partial charge is 0.306 e. The van der Waals surface area contributed by atoms with Gasteiger partial charge in [-0.15, -0.1) is 0 Å². The predicted octanol–water partition coefficient (Wildman–Crippen LogP) is 4.96. The Morgan fingerprint density at radius 1 is 1.21 bits per heavy atom. The van der Waals surface area contributed by atoms with Gasteiger partial charge >= 0.3 is 5.97 Å². The molecule has 0 aliphatic rings. The fourth-order valence-electron chi connectivity index (χ4n) is 2.54. The molecule has 1 heterocycles. The number of oxazole rings is 1. The van der Waals surface area contributed by atoms with E-state index < -0.39 is 17.6 Å².